The maximum atomic E-state index is 9.04. The molecule has 0 radical (unpaired) electrons. The van der Waals surface area contributed by atoms with Crippen molar-refractivity contribution in [1.82, 2.24) is 15.1 Å². The standard InChI is InChI=1S/C11H23N3O/c1-13-2-4-14(5-3-13)8-10-6-11(9-15)12-7-10/h10-12,15H,2-9H2,1H3. The van der Waals surface area contributed by atoms with E-state index in [2.05, 4.69) is 22.2 Å². The molecule has 0 spiro atoms. The highest BCUT2D eigenvalue weighted by Gasteiger charge is 2.25. The summed E-state index contributed by atoms with van der Waals surface area (Å²) in [6, 6.07) is 0.350. The van der Waals surface area contributed by atoms with Crippen LogP contribution in [0.15, 0.2) is 0 Å². The zero-order valence-corrected chi connectivity index (χ0v) is 9.65. The average molecular weight is 213 g/mol. The summed E-state index contributed by atoms with van der Waals surface area (Å²) in [5, 5.41) is 12.4. The minimum absolute atomic E-state index is 0.291. The third-order valence-electron chi connectivity index (χ3n) is 3.65. The van der Waals surface area contributed by atoms with Crippen LogP contribution in [-0.4, -0.2) is 73.9 Å². The van der Waals surface area contributed by atoms with Gasteiger partial charge in [0, 0.05) is 38.8 Å². The van der Waals surface area contributed by atoms with Gasteiger partial charge in [-0.2, -0.15) is 0 Å². The Morgan fingerprint density at radius 3 is 2.60 bits per heavy atom. The summed E-state index contributed by atoms with van der Waals surface area (Å²) >= 11 is 0. The number of aliphatic hydroxyl groups excluding tert-OH is 1. The molecule has 0 saturated carbocycles. The molecular formula is C11H23N3O. The lowest BCUT2D eigenvalue weighted by Gasteiger charge is -2.33. The molecule has 2 rings (SSSR count). The Hall–Kier alpha value is -0.160. The molecule has 4 heteroatoms. The average Bonchev–Trinajstić information content (AvgIpc) is 2.69. The molecule has 88 valence electrons. The minimum Gasteiger partial charge on any atom is -0.395 e. The number of piperazine rings is 1. The van der Waals surface area contributed by atoms with E-state index < -0.39 is 0 Å². The van der Waals surface area contributed by atoms with Crippen LogP contribution in [0, 0.1) is 5.92 Å². The smallest absolute Gasteiger partial charge is 0.0584 e. The molecule has 2 aliphatic heterocycles. The molecule has 0 aliphatic carbocycles. The van der Waals surface area contributed by atoms with Gasteiger partial charge in [0.25, 0.3) is 0 Å². The Morgan fingerprint density at radius 2 is 2.00 bits per heavy atom. The summed E-state index contributed by atoms with van der Waals surface area (Å²) in [6.07, 6.45) is 1.14. The van der Waals surface area contributed by atoms with Crippen molar-refractivity contribution in [3.05, 3.63) is 0 Å². The summed E-state index contributed by atoms with van der Waals surface area (Å²) < 4.78 is 0. The lowest BCUT2D eigenvalue weighted by atomic mass is 10.0. The molecule has 2 N–H and O–H groups in total. The Bertz CT molecular complexity index is 192. The predicted octanol–water partition coefficient (Wildman–Crippen LogP) is -0.796. The number of rotatable bonds is 3. The number of hydrogen-bond donors (Lipinski definition) is 2. The second kappa shape index (κ2) is 5.25. The van der Waals surface area contributed by atoms with Gasteiger partial charge in [-0.3, -0.25) is 0 Å². The molecular weight excluding hydrogens is 190 g/mol. The fraction of sp³-hybridized carbons (Fsp3) is 1.00. The monoisotopic (exact) mass is 213 g/mol. The van der Waals surface area contributed by atoms with E-state index in [4.69, 9.17) is 5.11 Å². The van der Waals surface area contributed by atoms with Gasteiger partial charge >= 0.3 is 0 Å². The first kappa shape index (κ1) is 11.3. The van der Waals surface area contributed by atoms with Crippen molar-refractivity contribution in [3.8, 4) is 0 Å². The lowest BCUT2D eigenvalue weighted by molar-refractivity contribution is 0.137. The van der Waals surface area contributed by atoms with E-state index in [0.29, 0.717) is 12.6 Å². The number of hydrogen-bond acceptors (Lipinski definition) is 4. The fourth-order valence-electron chi connectivity index (χ4n) is 2.58. The number of aliphatic hydroxyl groups is 1. The number of likely N-dealkylation sites (N-methyl/N-ethyl adjacent to an activating group) is 1. The van der Waals surface area contributed by atoms with Crippen LogP contribution >= 0.6 is 0 Å². The zero-order valence-electron chi connectivity index (χ0n) is 9.65. The van der Waals surface area contributed by atoms with Gasteiger partial charge in [-0.15, -0.1) is 0 Å². The van der Waals surface area contributed by atoms with Gasteiger partial charge in [0.05, 0.1) is 6.61 Å². The quantitative estimate of drug-likeness (QED) is 0.644. The van der Waals surface area contributed by atoms with Crippen LogP contribution < -0.4 is 5.32 Å². The first-order valence-corrected chi connectivity index (χ1v) is 6.03. The van der Waals surface area contributed by atoms with Crippen LogP contribution in [0.3, 0.4) is 0 Å². The van der Waals surface area contributed by atoms with Gasteiger partial charge in [-0.05, 0) is 25.9 Å². The van der Waals surface area contributed by atoms with Crippen LogP contribution in [0.2, 0.25) is 0 Å². The maximum Gasteiger partial charge on any atom is 0.0584 e. The van der Waals surface area contributed by atoms with E-state index in [1.165, 1.54) is 32.7 Å². The van der Waals surface area contributed by atoms with Crippen LogP contribution in [0.25, 0.3) is 0 Å². The third-order valence-corrected chi connectivity index (χ3v) is 3.65. The lowest BCUT2D eigenvalue weighted by Crippen LogP contribution is -2.46. The molecule has 0 aromatic rings. The summed E-state index contributed by atoms with van der Waals surface area (Å²) in [5.74, 6) is 0.741. The second-order valence-corrected chi connectivity index (χ2v) is 4.99. The Kier molecular flexibility index (Phi) is 3.97. The highest BCUT2D eigenvalue weighted by atomic mass is 16.3. The minimum atomic E-state index is 0.291. The van der Waals surface area contributed by atoms with Crippen molar-refractivity contribution in [2.75, 3.05) is 52.9 Å². The Labute approximate surface area is 92.2 Å². The van der Waals surface area contributed by atoms with Gasteiger partial charge in [-0.1, -0.05) is 0 Å². The summed E-state index contributed by atoms with van der Waals surface area (Å²) in [4.78, 5) is 4.95. The number of nitrogens with zero attached hydrogens (tertiary/aromatic N) is 2. The molecule has 2 aliphatic rings. The first-order valence-electron chi connectivity index (χ1n) is 6.03. The summed E-state index contributed by atoms with van der Waals surface area (Å²) in [5.41, 5.74) is 0. The van der Waals surface area contributed by atoms with Crippen molar-refractivity contribution in [2.45, 2.75) is 12.5 Å². The molecule has 0 amide bonds. The predicted molar refractivity (Wildman–Crippen MR) is 60.9 cm³/mol. The topological polar surface area (TPSA) is 38.7 Å². The van der Waals surface area contributed by atoms with E-state index in [9.17, 15) is 0 Å². The maximum absolute atomic E-state index is 9.04. The molecule has 0 bridgehead atoms. The second-order valence-electron chi connectivity index (χ2n) is 4.99. The largest absolute Gasteiger partial charge is 0.395 e. The van der Waals surface area contributed by atoms with E-state index in [1.54, 1.807) is 0 Å². The van der Waals surface area contributed by atoms with E-state index in [1.807, 2.05) is 0 Å². The number of nitrogens with one attached hydrogen (secondary N) is 1. The molecule has 2 unspecified atom stereocenters. The van der Waals surface area contributed by atoms with E-state index >= 15 is 0 Å². The van der Waals surface area contributed by atoms with Crippen LogP contribution in [0.4, 0.5) is 0 Å². The molecule has 0 aromatic heterocycles. The molecule has 2 heterocycles. The van der Waals surface area contributed by atoms with Crippen molar-refractivity contribution in [1.29, 1.82) is 0 Å². The first-order chi connectivity index (χ1) is 7.28. The van der Waals surface area contributed by atoms with Crippen molar-refractivity contribution >= 4 is 0 Å². The summed E-state index contributed by atoms with van der Waals surface area (Å²) in [6.45, 7) is 7.38. The molecule has 0 aromatic carbocycles. The third kappa shape index (κ3) is 3.14. The Balaban J connectivity index is 1.69. The van der Waals surface area contributed by atoms with Crippen molar-refractivity contribution in [2.24, 2.45) is 5.92 Å². The Morgan fingerprint density at radius 1 is 1.27 bits per heavy atom. The molecule has 2 fully saturated rings. The van der Waals surface area contributed by atoms with E-state index in [-0.39, 0.29) is 0 Å². The van der Waals surface area contributed by atoms with Gasteiger partial charge in [0.2, 0.25) is 0 Å². The normalized spacial score (nSPS) is 34.8. The molecule has 2 saturated heterocycles. The molecule has 4 nitrogen and oxygen atoms in total. The van der Waals surface area contributed by atoms with E-state index in [0.717, 1.165) is 18.9 Å². The van der Waals surface area contributed by atoms with Crippen LogP contribution in [0.5, 0.6) is 0 Å². The zero-order chi connectivity index (χ0) is 10.7. The van der Waals surface area contributed by atoms with Gasteiger partial charge in [-0.25, -0.2) is 0 Å². The SMILES string of the molecule is CN1CCN(CC2CNC(CO)C2)CC1. The van der Waals surface area contributed by atoms with Crippen LogP contribution in [-0.2, 0) is 0 Å². The summed E-state index contributed by atoms with van der Waals surface area (Å²) in [7, 11) is 2.19. The highest BCUT2D eigenvalue weighted by molar-refractivity contribution is 4.84. The van der Waals surface area contributed by atoms with Crippen molar-refractivity contribution < 1.29 is 5.11 Å². The van der Waals surface area contributed by atoms with Gasteiger partial charge < -0.3 is 20.2 Å². The fourth-order valence-corrected chi connectivity index (χ4v) is 2.58. The molecule has 15 heavy (non-hydrogen) atoms. The van der Waals surface area contributed by atoms with Gasteiger partial charge in [0.15, 0.2) is 0 Å². The molecule has 2 atom stereocenters. The van der Waals surface area contributed by atoms with Crippen molar-refractivity contribution in [3.63, 3.8) is 0 Å². The van der Waals surface area contributed by atoms with Gasteiger partial charge in [0.1, 0.15) is 0 Å². The van der Waals surface area contributed by atoms with Crippen LogP contribution in [0.1, 0.15) is 6.42 Å². The highest BCUT2D eigenvalue weighted by Crippen LogP contribution is 2.15.